The molecule has 2 heterocycles. The molecule has 2 saturated heterocycles. The lowest BCUT2D eigenvalue weighted by Gasteiger charge is -2.20. The number of fused-ring (bicyclic) bond motifs is 1. The third-order valence-electron chi connectivity index (χ3n) is 5.16. The molecule has 2 fully saturated rings. The van der Waals surface area contributed by atoms with E-state index < -0.39 is 0 Å². The quantitative estimate of drug-likeness (QED) is 0.850. The van der Waals surface area contributed by atoms with Crippen molar-refractivity contribution in [2.45, 2.75) is 6.92 Å². The zero-order valence-corrected chi connectivity index (χ0v) is 16.2. The third-order valence-corrected chi connectivity index (χ3v) is 5.16. The molecule has 2 atom stereocenters. The van der Waals surface area contributed by atoms with Crippen LogP contribution in [0, 0.1) is 11.8 Å². The lowest BCUT2D eigenvalue weighted by Crippen LogP contribution is -2.32. The van der Waals surface area contributed by atoms with Gasteiger partial charge in [0, 0.05) is 26.2 Å². The van der Waals surface area contributed by atoms with Gasteiger partial charge in [0.2, 0.25) is 0 Å². The molecule has 0 radical (unpaired) electrons. The summed E-state index contributed by atoms with van der Waals surface area (Å²) in [5, 5.41) is 3.41. The van der Waals surface area contributed by atoms with Crippen molar-refractivity contribution in [3.8, 4) is 17.2 Å². The van der Waals surface area contributed by atoms with Crippen LogP contribution in [0.15, 0.2) is 48.5 Å². The van der Waals surface area contributed by atoms with Gasteiger partial charge in [0.25, 0.3) is 5.91 Å². The number of ether oxygens (including phenoxy) is 2. The molecule has 5 nitrogen and oxygen atoms in total. The number of amides is 1. The molecule has 1 N–H and O–H groups in total. The highest BCUT2D eigenvalue weighted by atomic mass is 35.5. The Bertz CT molecular complexity index is 787. The van der Waals surface area contributed by atoms with Crippen LogP contribution in [0.3, 0.4) is 0 Å². The van der Waals surface area contributed by atoms with Crippen molar-refractivity contribution >= 4 is 18.3 Å². The Kier molecular flexibility index (Phi) is 6.24. The first-order valence-corrected chi connectivity index (χ1v) is 9.25. The summed E-state index contributed by atoms with van der Waals surface area (Å²) in [6.45, 7) is 6.16. The van der Waals surface area contributed by atoms with E-state index >= 15 is 0 Å². The van der Waals surface area contributed by atoms with Crippen LogP contribution in [0.5, 0.6) is 17.2 Å². The number of benzene rings is 2. The van der Waals surface area contributed by atoms with Crippen molar-refractivity contribution < 1.29 is 14.3 Å². The van der Waals surface area contributed by atoms with Gasteiger partial charge in [-0.1, -0.05) is 24.3 Å². The summed E-state index contributed by atoms with van der Waals surface area (Å²) in [7, 11) is 0. The summed E-state index contributed by atoms with van der Waals surface area (Å²) >= 11 is 0. The number of nitrogens with one attached hydrogen (secondary N) is 1. The number of nitrogens with zero attached hydrogens (tertiary/aromatic N) is 1. The van der Waals surface area contributed by atoms with Gasteiger partial charge in [0.1, 0.15) is 5.75 Å². The number of likely N-dealkylation sites (tertiary alicyclic amines) is 1. The van der Waals surface area contributed by atoms with E-state index in [1.807, 2.05) is 60.4 Å². The fourth-order valence-electron chi connectivity index (χ4n) is 3.85. The summed E-state index contributed by atoms with van der Waals surface area (Å²) in [4.78, 5) is 15.1. The number of hydrogen-bond donors (Lipinski definition) is 1. The van der Waals surface area contributed by atoms with E-state index in [2.05, 4.69) is 5.32 Å². The van der Waals surface area contributed by atoms with E-state index in [9.17, 15) is 4.79 Å². The summed E-state index contributed by atoms with van der Waals surface area (Å²) in [6.07, 6.45) is 0. The normalized spacial score (nSPS) is 20.7. The molecule has 6 heteroatoms. The molecule has 0 spiro atoms. The summed E-state index contributed by atoms with van der Waals surface area (Å²) < 4.78 is 11.7. The zero-order valence-electron chi connectivity index (χ0n) is 15.4. The molecule has 27 heavy (non-hydrogen) atoms. The number of para-hydroxylation sites is 3. The van der Waals surface area contributed by atoms with Gasteiger partial charge in [-0.15, -0.1) is 12.4 Å². The van der Waals surface area contributed by atoms with Crippen LogP contribution in [0.1, 0.15) is 17.3 Å². The zero-order chi connectivity index (χ0) is 17.9. The van der Waals surface area contributed by atoms with Gasteiger partial charge in [-0.2, -0.15) is 0 Å². The Balaban J connectivity index is 0.00000210. The van der Waals surface area contributed by atoms with Gasteiger partial charge in [0.05, 0.1) is 12.2 Å². The van der Waals surface area contributed by atoms with E-state index in [0.29, 0.717) is 41.3 Å². The minimum Gasteiger partial charge on any atom is -0.490 e. The molecule has 2 aliphatic rings. The standard InChI is InChI=1S/C21H24N2O3.ClH/c1-2-25-19-9-5-6-10-20(19)26-18-8-4-3-7-17(18)21(24)23-13-15-11-22-12-16(15)14-23;/h3-10,15-16,22H,2,11-14H2,1H3;1H/t15-,16+;. The number of rotatable bonds is 5. The monoisotopic (exact) mass is 388 g/mol. The van der Waals surface area contributed by atoms with Gasteiger partial charge in [-0.25, -0.2) is 0 Å². The molecule has 2 aromatic carbocycles. The second kappa shape index (κ2) is 8.63. The molecule has 0 bridgehead atoms. The molecule has 0 saturated carbocycles. The van der Waals surface area contributed by atoms with Crippen LogP contribution < -0.4 is 14.8 Å². The smallest absolute Gasteiger partial charge is 0.257 e. The van der Waals surface area contributed by atoms with E-state index in [-0.39, 0.29) is 18.3 Å². The van der Waals surface area contributed by atoms with E-state index in [1.165, 1.54) is 0 Å². The Morgan fingerprint density at radius 1 is 1.00 bits per heavy atom. The first-order valence-electron chi connectivity index (χ1n) is 9.25. The lowest BCUT2D eigenvalue weighted by molar-refractivity contribution is 0.0779. The number of halogens is 1. The Morgan fingerprint density at radius 3 is 2.26 bits per heavy atom. The molecule has 0 aliphatic carbocycles. The summed E-state index contributed by atoms with van der Waals surface area (Å²) in [6, 6.07) is 15.0. The summed E-state index contributed by atoms with van der Waals surface area (Å²) in [5.74, 6) is 3.07. The number of hydrogen-bond acceptors (Lipinski definition) is 4. The first kappa shape index (κ1) is 19.5. The Hall–Kier alpha value is -2.24. The SMILES string of the molecule is CCOc1ccccc1Oc1ccccc1C(=O)N1C[C@H]2CNC[C@H]2C1.Cl. The highest BCUT2D eigenvalue weighted by Gasteiger charge is 2.38. The van der Waals surface area contributed by atoms with Crippen LogP contribution in [0.4, 0.5) is 0 Å². The van der Waals surface area contributed by atoms with Crippen LogP contribution in [-0.4, -0.2) is 43.6 Å². The number of carbonyl (C=O) groups is 1. The lowest BCUT2D eigenvalue weighted by atomic mass is 10.0. The second-order valence-corrected chi connectivity index (χ2v) is 6.87. The van der Waals surface area contributed by atoms with Crippen LogP contribution in [0.2, 0.25) is 0 Å². The number of carbonyl (C=O) groups excluding carboxylic acids is 1. The maximum Gasteiger partial charge on any atom is 0.257 e. The second-order valence-electron chi connectivity index (χ2n) is 6.87. The third kappa shape index (κ3) is 4.04. The fourth-order valence-corrected chi connectivity index (χ4v) is 3.85. The van der Waals surface area contributed by atoms with E-state index in [1.54, 1.807) is 0 Å². The van der Waals surface area contributed by atoms with Gasteiger partial charge >= 0.3 is 0 Å². The van der Waals surface area contributed by atoms with E-state index in [4.69, 9.17) is 9.47 Å². The van der Waals surface area contributed by atoms with Crippen LogP contribution in [0.25, 0.3) is 0 Å². The molecule has 4 rings (SSSR count). The molecular weight excluding hydrogens is 364 g/mol. The minimum atomic E-state index is 0. The van der Waals surface area contributed by atoms with Gasteiger partial charge in [-0.3, -0.25) is 4.79 Å². The highest BCUT2D eigenvalue weighted by Crippen LogP contribution is 2.34. The predicted molar refractivity (Wildman–Crippen MR) is 107 cm³/mol. The van der Waals surface area contributed by atoms with Gasteiger partial charge in [-0.05, 0) is 43.0 Å². The van der Waals surface area contributed by atoms with Crippen molar-refractivity contribution in [2.24, 2.45) is 11.8 Å². The van der Waals surface area contributed by atoms with Crippen LogP contribution in [-0.2, 0) is 0 Å². The van der Waals surface area contributed by atoms with Gasteiger partial charge < -0.3 is 19.7 Å². The average molecular weight is 389 g/mol. The first-order chi connectivity index (χ1) is 12.8. The fraction of sp³-hybridized carbons (Fsp3) is 0.381. The van der Waals surface area contributed by atoms with Crippen molar-refractivity contribution in [2.75, 3.05) is 32.8 Å². The Morgan fingerprint density at radius 2 is 1.59 bits per heavy atom. The largest absolute Gasteiger partial charge is 0.490 e. The average Bonchev–Trinajstić information content (AvgIpc) is 3.25. The topological polar surface area (TPSA) is 50.8 Å². The van der Waals surface area contributed by atoms with Crippen molar-refractivity contribution in [1.82, 2.24) is 10.2 Å². The molecule has 0 unspecified atom stereocenters. The molecule has 2 aromatic rings. The molecule has 144 valence electrons. The maximum atomic E-state index is 13.1. The van der Waals surface area contributed by atoms with Crippen LogP contribution >= 0.6 is 12.4 Å². The predicted octanol–water partition coefficient (Wildman–Crippen LogP) is 3.59. The molecular formula is C21H25ClN2O3. The highest BCUT2D eigenvalue weighted by molar-refractivity contribution is 5.97. The summed E-state index contributed by atoms with van der Waals surface area (Å²) in [5.41, 5.74) is 0.603. The van der Waals surface area contributed by atoms with Crippen molar-refractivity contribution in [1.29, 1.82) is 0 Å². The Labute approximate surface area is 166 Å². The van der Waals surface area contributed by atoms with Gasteiger partial charge in [0.15, 0.2) is 11.5 Å². The van der Waals surface area contributed by atoms with Crippen molar-refractivity contribution in [3.63, 3.8) is 0 Å². The van der Waals surface area contributed by atoms with Crippen molar-refractivity contribution in [3.05, 3.63) is 54.1 Å². The van der Waals surface area contributed by atoms with E-state index in [0.717, 1.165) is 26.2 Å². The molecule has 1 amide bonds. The molecule has 2 aliphatic heterocycles. The molecule has 0 aromatic heterocycles. The maximum absolute atomic E-state index is 13.1. The minimum absolute atomic E-state index is 0.